The van der Waals surface area contributed by atoms with Gasteiger partial charge in [0.2, 0.25) is 0 Å². The van der Waals surface area contributed by atoms with Gasteiger partial charge in [0.25, 0.3) is 11.8 Å². The summed E-state index contributed by atoms with van der Waals surface area (Å²) in [6, 6.07) is 6.06. The van der Waals surface area contributed by atoms with E-state index in [1.54, 1.807) is 25.3 Å². The summed E-state index contributed by atoms with van der Waals surface area (Å²) < 4.78 is 2.02. The van der Waals surface area contributed by atoms with Gasteiger partial charge in [0.15, 0.2) is 0 Å². The summed E-state index contributed by atoms with van der Waals surface area (Å²) in [6.45, 7) is 2.07. The van der Waals surface area contributed by atoms with E-state index in [1.165, 1.54) is 16.7 Å². The maximum atomic E-state index is 12.2. The Morgan fingerprint density at radius 3 is 2.54 bits per heavy atom. The lowest BCUT2D eigenvalue weighted by Crippen LogP contribution is -2.41. The molecule has 0 aliphatic rings. The van der Waals surface area contributed by atoms with Crippen LogP contribution in [0.25, 0.3) is 11.0 Å². The summed E-state index contributed by atoms with van der Waals surface area (Å²) in [7, 11) is 0. The minimum Gasteiger partial charge on any atom is -0.356 e. The molecule has 1 aromatic carbocycles. The van der Waals surface area contributed by atoms with Gasteiger partial charge in [0.1, 0.15) is 5.69 Å². The van der Waals surface area contributed by atoms with E-state index in [-0.39, 0.29) is 11.3 Å². The second kappa shape index (κ2) is 7.00. The van der Waals surface area contributed by atoms with Crippen LogP contribution in [-0.4, -0.2) is 26.3 Å². The quantitative estimate of drug-likeness (QED) is 0.370. The average Bonchev–Trinajstić information content (AvgIpc) is 3.06. The molecule has 0 saturated carbocycles. The summed E-state index contributed by atoms with van der Waals surface area (Å²) >= 11 is 3.21. The zero-order chi connectivity index (χ0) is 18.8. The molecule has 0 fully saturated rings. The van der Waals surface area contributed by atoms with Crippen LogP contribution in [-0.2, 0) is 6.54 Å². The number of hydrogen-bond donors (Lipinski definition) is 4. The number of amides is 2. The van der Waals surface area contributed by atoms with Gasteiger partial charge in [0.05, 0.1) is 11.0 Å². The van der Waals surface area contributed by atoms with Gasteiger partial charge in [-0.15, -0.1) is 0 Å². The van der Waals surface area contributed by atoms with E-state index in [9.17, 15) is 19.2 Å². The molecule has 9 nitrogen and oxygen atoms in total. The number of nitrogens with zero attached hydrogens (tertiary/aromatic N) is 1. The Labute approximate surface area is 154 Å². The Morgan fingerprint density at radius 2 is 1.88 bits per heavy atom. The molecular weight excluding hydrogens is 406 g/mol. The number of fused-ring (bicyclic) bond motifs is 1. The van der Waals surface area contributed by atoms with Crippen LogP contribution in [0.15, 0.2) is 44.5 Å². The lowest BCUT2D eigenvalue weighted by Gasteiger charge is -2.09. The van der Waals surface area contributed by atoms with Crippen LogP contribution in [0.5, 0.6) is 0 Å². The number of halogens is 1. The third kappa shape index (κ3) is 3.31. The topological polar surface area (TPSA) is 129 Å². The van der Waals surface area contributed by atoms with Gasteiger partial charge >= 0.3 is 11.1 Å². The van der Waals surface area contributed by atoms with Gasteiger partial charge in [-0.3, -0.25) is 30.0 Å². The molecule has 0 unspecified atom stereocenters. The van der Waals surface area contributed by atoms with Crippen LogP contribution in [0.4, 0.5) is 0 Å². The molecule has 3 aromatic rings. The van der Waals surface area contributed by atoms with Crippen molar-refractivity contribution < 1.29 is 9.59 Å². The van der Waals surface area contributed by atoms with E-state index in [1.807, 2.05) is 0 Å². The molecule has 0 saturated heterocycles. The van der Waals surface area contributed by atoms with Crippen LogP contribution in [0.2, 0.25) is 0 Å². The number of rotatable bonds is 3. The molecule has 3 rings (SSSR count). The number of carbonyl (C=O) groups is 2. The first-order valence-electron chi connectivity index (χ1n) is 7.62. The molecule has 0 radical (unpaired) electrons. The number of carbonyl (C=O) groups excluding carboxylic acids is 2. The molecule has 4 N–H and O–H groups in total. The molecule has 0 atom stereocenters. The third-order valence-corrected chi connectivity index (χ3v) is 4.19. The van der Waals surface area contributed by atoms with Crippen LogP contribution < -0.4 is 22.0 Å². The number of nitrogens with one attached hydrogen (secondary N) is 4. The zero-order valence-electron chi connectivity index (χ0n) is 13.6. The fourth-order valence-corrected chi connectivity index (χ4v) is 2.83. The fraction of sp³-hybridized carbons (Fsp3) is 0.125. The van der Waals surface area contributed by atoms with Gasteiger partial charge in [-0.2, -0.15) is 0 Å². The van der Waals surface area contributed by atoms with Gasteiger partial charge < -0.3 is 14.5 Å². The first-order chi connectivity index (χ1) is 12.4. The molecule has 2 amide bonds. The van der Waals surface area contributed by atoms with E-state index in [2.05, 4.69) is 36.7 Å². The summed E-state index contributed by atoms with van der Waals surface area (Å²) in [5.41, 5.74) is 4.50. The van der Waals surface area contributed by atoms with Crippen LogP contribution in [0.1, 0.15) is 27.8 Å². The van der Waals surface area contributed by atoms with E-state index in [0.717, 1.165) is 0 Å². The van der Waals surface area contributed by atoms with Crippen molar-refractivity contribution in [3.63, 3.8) is 0 Å². The summed E-state index contributed by atoms with van der Waals surface area (Å²) in [4.78, 5) is 52.9. The van der Waals surface area contributed by atoms with Crippen molar-refractivity contribution in [3.8, 4) is 0 Å². The monoisotopic (exact) mass is 419 g/mol. The number of aromatic nitrogens is 3. The van der Waals surface area contributed by atoms with Crippen LogP contribution >= 0.6 is 15.9 Å². The molecule has 0 aliphatic heterocycles. The van der Waals surface area contributed by atoms with E-state index < -0.39 is 22.9 Å². The lowest BCUT2D eigenvalue weighted by molar-refractivity contribution is 0.0844. The van der Waals surface area contributed by atoms with Gasteiger partial charge in [-0.25, -0.2) is 0 Å². The van der Waals surface area contributed by atoms with Gasteiger partial charge in [-0.1, -0.05) is 0 Å². The molecule has 0 spiro atoms. The number of hydrogen-bond acceptors (Lipinski definition) is 4. The Bertz CT molecular complexity index is 1130. The second-order valence-electron chi connectivity index (χ2n) is 5.38. The Kier molecular flexibility index (Phi) is 4.76. The molecular formula is C16H14BrN5O4. The van der Waals surface area contributed by atoms with Crippen LogP contribution in [0, 0.1) is 0 Å². The van der Waals surface area contributed by atoms with Crippen molar-refractivity contribution in [1.29, 1.82) is 0 Å². The summed E-state index contributed by atoms with van der Waals surface area (Å²) in [6.07, 6.45) is 1.59. The Hall–Kier alpha value is -3.14. The highest BCUT2D eigenvalue weighted by Gasteiger charge is 2.13. The minimum absolute atomic E-state index is 0.211. The highest BCUT2D eigenvalue weighted by Crippen LogP contribution is 2.12. The van der Waals surface area contributed by atoms with E-state index in [4.69, 9.17) is 0 Å². The van der Waals surface area contributed by atoms with Crippen molar-refractivity contribution >= 4 is 38.8 Å². The fourth-order valence-electron chi connectivity index (χ4n) is 2.49. The zero-order valence-corrected chi connectivity index (χ0v) is 15.1. The predicted molar refractivity (Wildman–Crippen MR) is 97.9 cm³/mol. The van der Waals surface area contributed by atoms with Crippen molar-refractivity contribution in [3.05, 3.63) is 66.9 Å². The normalized spacial score (nSPS) is 10.7. The largest absolute Gasteiger partial charge is 0.356 e. The SMILES string of the molecule is CCn1c(=O)c(=O)[nH]c2cc(C(=O)NNC(=O)c3cc(Br)c[nH]3)ccc21. The number of hydrazine groups is 1. The number of aromatic amines is 2. The van der Waals surface area contributed by atoms with Gasteiger partial charge in [-0.05, 0) is 47.1 Å². The van der Waals surface area contributed by atoms with E-state index >= 15 is 0 Å². The first-order valence-corrected chi connectivity index (χ1v) is 8.41. The highest BCUT2D eigenvalue weighted by atomic mass is 79.9. The van der Waals surface area contributed by atoms with Crippen molar-refractivity contribution in [2.45, 2.75) is 13.5 Å². The molecule has 26 heavy (non-hydrogen) atoms. The predicted octanol–water partition coefficient (Wildman–Crippen LogP) is 0.875. The molecule has 2 aromatic heterocycles. The number of benzene rings is 1. The third-order valence-electron chi connectivity index (χ3n) is 3.74. The summed E-state index contributed by atoms with van der Waals surface area (Å²) in [5, 5.41) is 0. The second-order valence-corrected chi connectivity index (χ2v) is 6.29. The molecule has 2 heterocycles. The number of H-pyrrole nitrogens is 2. The summed E-state index contributed by atoms with van der Waals surface area (Å²) in [5.74, 6) is -1.08. The first kappa shape index (κ1) is 17.7. The maximum absolute atomic E-state index is 12.2. The lowest BCUT2D eigenvalue weighted by atomic mass is 10.2. The Morgan fingerprint density at radius 1 is 1.15 bits per heavy atom. The maximum Gasteiger partial charge on any atom is 0.316 e. The molecule has 134 valence electrons. The van der Waals surface area contributed by atoms with Crippen molar-refractivity contribution in [1.82, 2.24) is 25.4 Å². The minimum atomic E-state index is -0.762. The van der Waals surface area contributed by atoms with Crippen molar-refractivity contribution in [2.24, 2.45) is 0 Å². The molecule has 0 aliphatic carbocycles. The highest BCUT2D eigenvalue weighted by molar-refractivity contribution is 9.10. The van der Waals surface area contributed by atoms with E-state index in [0.29, 0.717) is 22.1 Å². The standard InChI is InChI=1S/C16H14BrN5O4/c1-2-22-12-4-3-8(5-10(12)19-15(25)16(22)26)13(23)20-21-14(24)11-6-9(17)7-18-11/h3-7,18H,2H2,1H3,(H,19,25)(H,20,23)(H,21,24). The number of aryl methyl sites for hydroxylation is 1. The van der Waals surface area contributed by atoms with Gasteiger partial charge in [0, 0.05) is 22.8 Å². The molecule has 0 bridgehead atoms. The van der Waals surface area contributed by atoms with Crippen LogP contribution in [0.3, 0.4) is 0 Å². The molecule has 10 heteroatoms. The smallest absolute Gasteiger partial charge is 0.316 e. The van der Waals surface area contributed by atoms with Crippen molar-refractivity contribution in [2.75, 3.05) is 0 Å². The average molecular weight is 420 g/mol. The Balaban J connectivity index is 1.82.